The van der Waals surface area contributed by atoms with Crippen LogP contribution in [-0.2, 0) is 0 Å². The van der Waals surface area contributed by atoms with E-state index in [0.29, 0.717) is 11.6 Å². The lowest BCUT2D eigenvalue weighted by Crippen LogP contribution is -1.98. The van der Waals surface area contributed by atoms with Gasteiger partial charge in [-0.2, -0.15) is 9.97 Å². The minimum absolute atomic E-state index is 0.156. The van der Waals surface area contributed by atoms with Crippen molar-refractivity contribution in [3.8, 4) is 45.0 Å². The highest BCUT2D eigenvalue weighted by atomic mass is 35.5. The van der Waals surface area contributed by atoms with Crippen LogP contribution in [0.4, 0.5) is 0 Å². The third-order valence-corrected chi connectivity index (χ3v) is 6.82. The number of para-hydroxylation sites is 1. The van der Waals surface area contributed by atoms with Crippen molar-refractivity contribution >= 4 is 33.5 Å². The Kier molecular flexibility index (Phi) is 5.46. The van der Waals surface area contributed by atoms with Crippen molar-refractivity contribution in [3.05, 3.63) is 127 Å². The van der Waals surface area contributed by atoms with Crippen molar-refractivity contribution in [3.63, 3.8) is 0 Å². The first kappa shape index (κ1) is 22.4. The van der Waals surface area contributed by atoms with Crippen molar-refractivity contribution in [2.24, 2.45) is 0 Å². The molecule has 0 amide bonds. The molecule has 2 aromatic heterocycles. The summed E-state index contributed by atoms with van der Waals surface area (Å²) in [7, 11) is 0. The number of halogens is 1. The Morgan fingerprint density at radius 3 is 1.87 bits per heavy atom. The Bertz CT molecular complexity index is 1930. The summed E-state index contributed by atoms with van der Waals surface area (Å²) in [5, 5.41) is 2.32. The zero-order chi connectivity index (χ0) is 25.5. The standard InChI is InChI=1S/C33H20ClN3O/c34-33-36-31(22-12-5-2-6-13-22)35-32(37-33)25-19-23(21-10-3-1-4-11-21)18-24(20-25)26-15-9-17-29-30(26)27-14-7-8-16-28(27)38-29/h1-20H. The fourth-order valence-electron chi connectivity index (χ4n) is 4.92. The molecule has 0 unspecified atom stereocenters. The van der Waals surface area contributed by atoms with Gasteiger partial charge in [-0.05, 0) is 64.2 Å². The summed E-state index contributed by atoms with van der Waals surface area (Å²) in [5.74, 6) is 1.06. The molecule has 0 saturated heterocycles. The number of rotatable bonds is 4. The molecule has 4 nitrogen and oxygen atoms in total. The number of hydrogen-bond acceptors (Lipinski definition) is 4. The highest BCUT2D eigenvalue weighted by molar-refractivity contribution is 6.28. The largest absolute Gasteiger partial charge is 0.456 e. The van der Waals surface area contributed by atoms with Crippen molar-refractivity contribution in [2.75, 3.05) is 0 Å². The van der Waals surface area contributed by atoms with Crippen LogP contribution < -0.4 is 0 Å². The van der Waals surface area contributed by atoms with Gasteiger partial charge in [0.1, 0.15) is 11.2 Å². The van der Waals surface area contributed by atoms with Crippen LogP contribution in [0, 0.1) is 0 Å². The zero-order valence-corrected chi connectivity index (χ0v) is 20.9. The lowest BCUT2D eigenvalue weighted by Gasteiger charge is -2.12. The van der Waals surface area contributed by atoms with Crippen LogP contribution in [0.1, 0.15) is 0 Å². The Balaban J connectivity index is 1.49. The minimum Gasteiger partial charge on any atom is -0.456 e. The number of nitrogens with zero attached hydrogens (tertiary/aromatic N) is 3. The van der Waals surface area contributed by atoms with Gasteiger partial charge in [-0.3, -0.25) is 0 Å². The highest BCUT2D eigenvalue weighted by Crippen LogP contribution is 2.39. The van der Waals surface area contributed by atoms with Gasteiger partial charge in [0.15, 0.2) is 11.6 Å². The number of aromatic nitrogens is 3. The lowest BCUT2D eigenvalue weighted by atomic mass is 9.93. The SMILES string of the molecule is Clc1nc(-c2ccccc2)nc(-c2cc(-c3ccccc3)cc(-c3cccc4oc5ccccc5c34)c2)n1. The molecular formula is C33H20ClN3O. The number of hydrogen-bond donors (Lipinski definition) is 0. The summed E-state index contributed by atoms with van der Waals surface area (Å²) in [6.45, 7) is 0. The predicted molar refractivity (Wildman–Crippen MR) is 154 cm³/mol. The molecule has 7 rings (SSSR count). The molecule has 0 aliphatic heterocycles. The van der Waals surface area contributed by atoms with Crippen LogP contribution >= 0.6 is 11.6 Å². The molecule has 0 spiro atoms. The molecule has 180 valence electrons. The van der Waals surface area contributed by atoms with Gasteiger partial charge in [-0.25, -0.2) is 4.98 Å². The predicted octanol–water partition coefficient (Wildman–Crippen LogP) is 9.09. The molecule has 0 fully saturated rings. The van der Waals surface area contributed by atoms with E-state index in [1.807, 2.05) is 78.9 Å². The van der Waals surface area contributed by atoms with E-state index in [0.717, 1.165) is 55.3 Å². The zero-order valence-electron chi connectivity index (χ0n) is 20.2. The lowest BCUT2D eigenvalue weighted by molar-refractivity contribution is 0.669. The summed E-state index contributed by atoms with van der Waals surface area (Å²) < 4.78 is 6.17. The first-order chi connectivity index (χ1) is 18.7. The molecular weight excluding hydrogens is 490 g/mol. The van der Waals surface area contributed by atoms with Crippen LogP contribution in [-0.4, -0.2) is 15.0 Å². The summed E-state index contributed by atoms with van der Waals surface area (Å²) in [4.78, 5) is 13.7. The van der Waals surface area contributed by atoms with Gasteiger partial charge in [0.05, 0.1) is 0 Å². The summed E-state index contributed by atoms with van der Waals surface area (Å²) in [6, 6.07) is 40.8. The first-order valence-electron chi connectivity index (χ1n) is 12.3. The van der Waals surface area contributed by atoms with Crippen molar-refractivity contribution in [1.82, 2.24) is 15.0 Å². The van der Waals surface area contributed by atoms with Crippen molar-refractivity contribution < 1.29 is 4.42 Å². The van der Waals surface area contributed by atoms with Crippen LogP contribution in [0.5, 0.6) is 0 Å². The molecule has 7 aromatic rings. The maximum Gasteiger partial charge on any atom is 0.226 e. The van der Waals surface area contributed by atoms with E-state index < -0.39 is 0 Å². The van der Waals surface area contributed by atoms with Crippen molar-refractivity contribution in [1.29, 1.82) is 0 Å². The van der Waals surface area contributed by atoms with Gasteiger partial charge in [-0.1, -0.05) is 91.0 Å². The number of fused-ring (bicyclic) bond motifs is 3. The van der Waals surface area contributed by atoms with Gasteiger partial charge in [0.25, 0.3) is 0 Å². The van der Waals surface area contributed by atoms with E-state index in [1.54, 1.807) is 0 Å². The summed E-state index contributed by atoms with van der Waals surface area (Å²) >= 11 is 6.42. The summed E-state index contributed by atoms with van der Waals surface area (Å²) in [5.41, 5.74) is 7.73. The second-order valence-electron chi connectivity index (χ2n) is 9.06. The van der Waals surface area contributed by atoms with Gasteiger partial charge in [0.2, 0.25) is 5.28 Å². The quantitative estimate of drug-likeness (QED) is 0.237. The highest BCUT2D eigenvalue weighted by Gasteiger charge is 2.16. The maximum atomic E-state index is 6.42. The molecule has 5 heteroatoms. The smallest absolute Gasteiger partial charge is 0.226 e. The van der Waals surface area contributed by atoms with Gasteiger partial charge >= 0.3 is 0 Å². The molecule has 0 radical (unpaired) electrons. The fourth-order valence-corrected chi connectivity index (χ4v) is 5.08. The molecule has 2 heterocycles. The van der Waals surface area contributed by atoms with E-state index in [9.17, 15) is 0 Å². The molecule has 5 aromatic carbocycles. The molecule has 0 saturated carbocycles. The maximum absolute atomic E-state index is 6.42. The van der Waals surface area contributed by atoms with Gasteiger partial charge < -0.3 is 4.42 Å². The Labute approximate surface area is 224 Å². The molecule has 0 aliphatic carbocycles. The van der Waals surface area contributed by atoms with E-state index in [4.69, 9.17) is 21.0 Å². The average Bonchev–Trinajstić information content (AvgIpc) is 3.36. The third-order valence-electron chi connectivity index (χ3n) is 6.65. The fraction of sp³-hybridized carbons (Fsp3) is 0. The van der Waals surface area contributed by atoms with E-state index in [1.165, 1.54) is 0 Å². The molecule has 0 aliphatic rings. The summed E-state index contributed by atoms with van der Waals surface area (Å²) in [6.07, 6.45) is 0. The second-order valence-corrected chi connectivity index (χ2v) is 9.40. The average molecular weight is 510 g/mol. The third kappa shape index (κ3) is 4.01. The van der Waals surface area contributed by atoms with Crippen LogP contribution in [0.3, 0.4) is 0 Å². The molecule has 0 N–H and O–H groups in total. The molecule has 0 bridgehead atoms. The number of furan rings is 1. The van der Waals surface area contributed by atoms with Crippen LogP contribution in [0.15, 0.2) is 126 Å². The van der Waals surface area contributed by atoms with Crippen LogP contribution in [0.25, 0.3) is 67.0 Å². The molecule has 38 heavy (non-hydrogen) atoms. The number of benzene rings is 5. The van der Waals surface area contributed by atoms with Crippen LogP contribution in [0.2, 0.25) is 5.28 Å². The first-order valence-corrected chi connectivity index (χ1v) is 12.7. The topological polar surface area (TPSA) is 51.8 Å². The normalized spacial score (nSPS) is 11.3. The Morgan fingerprint density at radius 2 is 1.08 bits per heavy atom. The monoisotopic (exact) mass is 509 g/mol. The second kappa shape index (κ2) is 9.25. The Hall–Kier alpha value is -4.80. The van der Waals surface area contributed by atoms with Gasteiger partial charge in [-0.15, -0.1) is 0 Å². The molecule has 0 atom stereocenters. The minimum atomic E-state index is 0.156. The van der Waals surface area contributed by atoms with Crippen molar-refractivity contribution in [2.45, 2.75) is 0 Å². The van der Waals surface area contributed by atoms with E-state index in [2.05, 4.69) is 52.4 Å². The Morgan fingerprint density at radius 1 is 0.474 bits per heavy atom. The van der Waals surface area contributed by atoms with Gasteiger partial charge in [0, 0.05) is 21.9 Å². The van der Waals surface area contributed by atoms with E-state index in [-0.39, 0.29) is 5.28 Å². The van der Waals surface area contributed by atoms with E-state index >= 15 is 0 Å².